The Labute approximate surface area is 155 Å². The number of phenols is 1. The van der Waals surface area contributed by atoms with E-state index in [-0.39, 0.29) is 12.4 Å². The van der Waals surface area contributed by atoms with Crippen molar-refractivity contribution in [1.82, 2.24) is 10.2 Å². The number of ether oxygens (including phenoxy) is 2. The summed E-state index contributed by atoms with van der Waals surface area (Å²) in [6, 6.07) is 10.3. The predicted molar refractivity (Wildman–Crippen MR) is 101 cm³/mol. The molecule has 0 fully saturated rings. The van der Waals surface area contributed by atoms with E-state index in [0.717, 1.165) is 22.1 Å². The molecule has 0 aliphatic carbocycles. The molecule has 8 heteroatoms. The van der Waals surface area contributed by atoms with Gasteiger partial charge in [0.15, 0.2) is 0 Å². The van der Waals surface area contributed by atoms with Crippen molar-refractivity contribution in [3.63, 3.8) is 0 Å². The van der Waals surface area contributed by atoms with Crippen LogP contribution in [0.5, 0.6) is 11.5 Å². The van der Waals surface area contributed by atoms with Crippen molar-refractivity contribution in [2.45, 2.75) is 6.42 Å². The quantitative estimate of drug-likeness (QED) is 0.172. The lowest BCUT2D eigenvalue weighted by atomic mass is 10.3. The molecule has 5 N–H and O–H groups in total. The zero-order valence-corrected chi connectivity index (χ0v) is 14.8. The number of esters is 1. The van der Waals surface area contributed by atoms with E-state index in [9.17, 15) is 9.90 Å². The molecule has 138 valence electrons. The average Bonchev–Trinajstić information content (AvgIpc) is 2.61. The zero-order chi connectivity index (χ0) is 18.9. The number of H-pyrrole nitrogens is 2. The summed E-state index contributed by atoms with van der Waals surface area (Å²) in [5.41, 5.74) is 7.93. The van der Waals surface area contributed by atoms with Gasteiger partial charge in [-0.1, -0.05) is 18.2 Å². The molecule has 0 aliphatic rings. The van der Waals surface area contributed by atoms with Gasteiger partial charge in [-0.2, -0.15) is 0 Å². The Bertz CT molecular complexity index is 872. The molecule has 0 bridgehead atoms. The highest BCUT2D eigenvalue weighted by atomic mass is 35.5. The number of aromatic hydroxyl groups is 1. The Morgan fingerprint density at radius 1 is 1.19 bits per heavy atom. The highest BCUT2D eigenvalue weighted by Gasteiger charge is 2.00. The average molecular weight is 378 g/mol. The fourth-order valence-corrected chi connectivity index (χ4v) is 2.07. The number of hydrogen-bond donors (Lipinski definition) is 4. The molecule has 0 atom stereocenters. The van der Waals surface area contributed by atoms with Crippen molar-refractivity contribution in [1.29, 1.82) is 0 Å². The van der Waals surface area contributed by atoms with Gasteiger partial charge in [0, 0.05) is 23.6 Å². The van der Waals surface area contributed by atoms with E-state index in [1.165, 1.54) is 6.07 Å². The number of halogens is 1. The number of rotatable bonds is 6. The smallest absolute Gasteiger partial charge is 0.330 e. The number of nitrogen functional groups attached to an aromatic ring is 1. The van der Waals surface area contributed by atoms with E-state index < -0.39 is 5.97 Å². The van der Waals surface area contributed by atoms with Crippen molar-refractivity contribution in [2.24, 2.45) is 0 Å². The third-order valence-electron chi connectivity index (χ3n) is 3.28. The molecule has 3 aromatic rings. The number of carbonyl (C=O) groups excluding carboxylic acids is 1. The largest absolute Gasteiger partial charge is 0.506 e. The number of benzene rings is 2. The molecule has 0 saturated heterocycles. The molecule has 1 aromatic heterocycles. The van der Waals surface area contributed by atoms with E-state index in [0.29, 0.717) is 24.5 Å². The topological polar surface area (TPSA) is 113 Å². The van der Waals surface area contributed by atoms with Crippen LogP contribution < -0.4 is 10.5 Å². The summed E-state index contributed by atoms with van der Waals surface area (Å²) in [5.74, 6) is 0.0578. The molecule has 0 saturated carbocycles. The SMILES string of the molecule is C=CC(=O)OCCCOc1ccc(N)c(O)c1.Clc1ccc2[nH][nH]c2c1. The lowest BCUT2D eigenvalue weighted by Gasteiger charge is -2.07. The molecule has 26 heavy (non-hydrogen) atoms. The van der Waals surface area contributed by atoms with Crippen molar-refractivity contribution >= 4 is 34.3 Å². The van der Waals surface area contributed by atoms with Gasteiger partial charge in [-0.05, 0) is 30.3 Å². The molecule has 0 unspecified atom stereocenters. The number of anilines is 1. The number of nitrogens with two attached hydrogens (primary N) is 1. The summed E-state index contributed by atoms with van der Waals surface area (Å²) in [7, 11) is 0. The van der Waals surface area contributed by atoms with Gasteiger partial charge in [0.05, 0.1) is 29.9 Å². The van der Waals surface area contributed by atoms with Crippen molar-refractivity contribution in [2.75, 3.05) is 18.9 Å². The Kier molecular flexibility index (Phi) is 6.99. The standard InChI is InChI=1S/C12H15NO4.C6H5ClN2/c1-2-12(15)17-7-3-6-16-9-4-5-10(13)11(14)8-9;7-4-1-2-5-6(3-4)9-8-5/h2,4-5,8,14H,1,3,6-7,13H2;1-3,8-9H. The number of carbonyl (C=O) groups is 1. The van der Waals surface area contributed by atoms with Crippen LogP contribution in [0, 0.1) is 0 Å². The first-order valence-electron chi connectivity index (χ1n) is 7.81. The van der Waals surface area contributed by atoms with Crippen LogP contribution in [0.25, 0.3) is 11.0 Å². The second kappa shape index (κ2) is 9.43. The second-order valence-corrected chi connectivity index (χ2v) is 5.67. The highest BCUT2D eigenvalue weighted by Crippen LogP contribution is 2.25. The Balaban J connectivity index is 0.000000223. The maximum Gasteiger partial charge on any atom is 0.330 e. The minimum absolute atomic E-state index is 0.0133. The van der Waals surface area contributed by atoms with E-state index in [4.69, 9.17) is 26.8 Å². The second-order valence-electron chi connectivity index (χ2n) is 5.23. The highest BCUT2D eigenvalue weighted by molar-refractivity contribution is 6.31. The van der Waals surface area contributed by atoms with E-state index in [1.807, 2.05) is 18.2 Å². The van der Waals surface area contributed by atoms with Gasteiger partial charge in [-0.15, -0.1) is 0 Å². The first kappa shape index (κ1) is 19.3. The lowest BCUT2D eigenvalue weighted by molar-refractivity contribution is -0.137. The third-order valence-corrected chi connectivity index (χ3v) is 3.52. The molecule has 0 aliphatic heterocycles. The molecular weight excluding hydrogens is 358 g/mol. The van der Waals surface area contributed by atoms with Crippen LogP contribution >= 0.6 is 11.6 Å². The first-order chi connectivity index (χ1) is 12.5. The van der Waals surface area contributed by atoms with Gasteiger partial charge >= 0.3 is 5.97 Å². The fraction of sp³-hybridized carbons (Fsp3) is 0.167. The molecule has 7 nitrogen and oxygen atoms in total. The van der Waals surface area contributed by atoms with Crippen molar-refractivity contribution in [3.05, 3.63) is 54.1 Å². The minimum Gasteiger partial charge on any atom is -0.506 e. The van der Waals surface area contributed by atoms with Crippen LogP contribution in [0.1, 0.15) is 6.42 Å². The Morgan fingerprint density at radius 3 is 2.54 bits per heavy atom. The van der Waals surface area contributed by atoms with Crippen molar-refractivity contribution < 1.29 is 19.4 Å². The normalized spacial score (nSPS) is 10.0. The van der Waals surface area contributed by atoms with Gasteiger partial charge in [0.25, 0.3) is 0 Å². The number of aromatic amines is 2. The summed E-state index contributed by atoms with van der Waals surface area (Å²) in [5, 5.41) is 15.9. The number of nitrogens with one attached hydrogen (secondary N) is 2. The van der Waals surface area contributed by atoms with E-state index >= 15 is 0 Å². The summed E-state index contributed by atoms with van der Waals surface area (Å²) in [4.78, 5) is 10.7. The molecule has 0 spiro atoms. The minimum atomic E-state index is -0.449. The number of hydrogen-bond acceptors (Lipinski definition) is 5. The maximum atomic E-state index is 10.7. The number of aromatic nitrogens is 2. The zero-order valence-electron chi connectivity index (χ0n) is 14.0. The fourth-order valence-electron chi connectivity index (χ4n) is 1.89. The molecule has 2 aromatic carbocycles. The molecule has 3 rings (SSSR count). The summed E-state index contributed by atoms with van der Waals surface area (Å²) in [6.07, 6.45) is 1.67. The van der Waals surface area contributed by atoms with Crippen LogP contribution in [0.4, 0.5) is 5.69 Å². The predicted octanol–water partition coefficient (Wildman–Crippen LogP) is 3.62. The van der Waals surface area contributed by atoms with Gasteiger partial charge in [0.1, 0.15) is 11.5 Å². The molecule has 1 heterocycles. The number of fused-ring (bicyclic) bond motifs is 1. The van der Waals surface area contributed by atoms with E-state index in [2.05, 4.69) is 16.8 Å². The van der Waals surface area contributed by atoms with Crippen LogP contribution in [-0.4, -0.2) is 34.5 Å². The Hall–Kier alpha value is -3.06. The summed E-state index contributed by atoms with van der Waals surface area (Å²) in [6.45, 7) is 3.93. The van der Waals surface area contributed by atoms with Crippen LogP contribution in [0.3, 0.4) is 0 Å². The summed E-state index contributed by atoms with van der Waals surface area (Å²) < 4.78 is 10.1. The van der Waals surface area contributed by atoms with Gasteiger partial charge in [-0.25, -0.2) is 4.79 Å². The monoisotopic (exact) mass is 377 g/mol. The lowest BCUT2D eigenvalue weighted by Crippen LogP contribution is -2.06. The van der Waals surface area contributed by atoms with Crippen LogP contribution in [0.15, 0.2) is 49.1 Å². The maximum absolute atomic E-state index is 10.7. The summed E-state index contributed by atoms with van der Waals surface area (Å²) >= 11 is 5.68. The van der Waals surface area contributed by atoms with Crippen LogP contribution in [-0.2, 0) is 9.53 Å². The molecular formula is C18H20ClN3O4. The van der Waals surface area contributed by atoms with Gasteiger partial charge in [0.2, 0.25) is 0 Å². The van der Waals surface area contributed by atoms with Crippen LogP contribution in [0.2, 0.25) is 5.02 Å². The molecule has 0 radical (unpaired) electrons. The van der Waals surface area contributed by atoms with E-state index in [1.54, 1.807) is 12.1 Å². The van der Waals surface area contributed by atoms with Gasteiger partial charge in [-0.3, -0.25) is 10.2 Å². The third kappa shape index (κ3) is 5.78. The Morgan fingerprint density at radius 2 is 1.96 bits per heavy atom. The molecule has 0 amide bonds. The first-order valence-corrected chi connectivity index (χ1v) is 8.19. The van der Waals surface area contributed by atoms with Crippen molar-refractivity contribution in [3.8, 4) is 11.5 Å². The van der Waals surface area contributed by atoms with Gasteiger partial charge < -0.3 is 20.3 Å². The number of phenolic OH excluding ortho intramolecular Hbond substituents is 1.